The number of aliphatic carboxylic acids is 1. The summed E-state index contributed by atoms with van der Waals surface area (Å²) >= 11 is -0.455. The smallest absolute Gasteiger partial charge is 0.442 e. The van der Waals surface area contributed by atoms with E-state index < -0.39 is 40.3 Å². The van der Waals surface area contributed by atoms with Crippen molar-refractivity contribution in [3.63, 3.8) is 0 Å². The predicted molar refractivity (Wildman–Crippen MR) is 77.6 cm³/mol. The third-order valence-corrected chi connectivity index (χ3v) is 4.03. The first-order valence-corrected chi connectivity index (χ1v) is 7.46. The fourth-order valence-electron chi connectivity index (χ4n) is 1.99. The number of carboxylic acid groups (broad SMARTS) is 1. The Hall–Kier alpha value is -1.70. The number of rotatable bonds is 7. The number of amides is 1. The van der Waals surface area contributed by atoms with Crippen LogP contribution in [0.1, 0.15) is 18.9 Å². The SMILES string of the molecule is CCC(CNC(=O)CSC(F)(F)F)(C(=O)O)c1ccccc1. The van der Waals surface area contributed by atoms with Crippen molar-refractivity contribution in [2.45, 2.75) is 24.3 Å². The first-order chi connectivity index (χ1) is 10.2. The van der Waals surface area contributed by atoms with E-state index in [9.17, 15) is 27.9 Å². The predicted octanol–water partition coefficient (Wildman–Crippen LogP) is 2.79. The van der Waals surface area contributed by atoms with Crippen molar-refractivity contribution in [3.05, 3.63) is 35.9 Å². The van der Waals surface area contributed by atoms with Crippen molar-refractivity contribution in [1.29, 1.82) is 0 Å². The van der Waals surface area contributed by atoms with Gasteiger partial charge in [0.05, 0.1) is 5.75 Å². The minimum Gasteiger partial charge on any atom is -0.481 e. The van der Waals surface area contributed by atoms with Crippen molar-refractivity contribution < 1.29 is 27.9 Å². The summed E-state index contributed by atoms with van der Waals surface area (Å²) in [7, 11) is 0. The van der Waals surface area contributed by atoms with Gasteiger partial charge in [0, 0.05) is 6.54 Å². The number of alkyl halides is 3. The van der Waals surface area contributed by atoms with E-state index in [4.69, 9.17) is 0 Å². The number of thioether (sulfide) groups is 1. The van der Waals surface area contributed by atoms with E-state index in [1.807, 2.05) is 0 Å². The van der Waals surface area contributed by atoms with Crippen LogP contribution in [-0.4, -0.2) is 34.8 Å². The van der Waals surface area contributed by atoms with E-state index in [-0.39, 0.29) is 13.0 Å². The van der Waals surface area contributed by atoms with Crippen LogP contribution in [0.15, 0.2) is 30.3 Å². The van der Waals surface area contributed by atoms with Crippen LogP contribution in [-0.2, 0) is 15.0 Å². The molecule has 0 aliphatic rings. The van der Waals surface area contributed by atoms with Crippen LogP contribution >= 0.6 is 11.8 Å². The van der Waals surface area contributed by atoms with E-state index in [2.05, 4.69) is 5.32 Å². The molecule has 0 bridgehead atoms. The molecule has 2 N–H and O–H groups in total. The number of nitrogens with one attached hydrogen (secondary N) is 1. The Labute approximate surface area is 130 Å². The molecule has 0 aliphatic carbocycles. The molecule has 1 aromatic carbocycles. The van der Waals surface area contributed by atoms with Gasteiger partial charge in [-0.1, -0.05) is 37.3 Å². The van der Waals surface area contributed by atoms with E-state index in [0.717, 1.165) is 0 Å². The van der Waals surface area contributed by atoms with Gasteiger partial charge in [-0.05, 0) is 23.7 Å². The molecule has 8 heteroatoms. The average Bonchev–Trinajstić information content (AvgIpc) is 2.46. The number of hydrogen-bond acceptors (Lipinski definition) is 3. The second-order valence-corrected chi connectivity index (χ2v) is 5.66. The third-order valence-electron chi connectivity index (χ3n) is 3.29. The third kappa shape index (κ3) is 4.94. The summed E-state index contributed by atoms with van der Waals surface area (Å²) in [5, 5.41) is 11.8. The lowest BCUT2D eigenvalue weighted by Gasteiger charge is -2.29. The molecule has 0 aliphatic heterocycles. The van der Waals surface area contributed by atoms with Crippen LogP contribution in [0.4, 0.5) is 13.2 Å². The molecule has 22 heavy (non-hydrogen) atoms. The van der Waals surface area contributed by atoms with Gasteiger partial charge in [0.2, 0.25) is 5.91 Å². The monoisotopic (exact) mass is 335 g/mol. The molecule has 0 aromatic heterocycles. The lowest BCUT2D eigenvalue weighted by atomic mass is 9.78. The summed E-state index contributed by atoms with van der Waals surface area (Å²) in [6.07, 6.45) is 0.193. The lowest BCUT2D eigenvalue weighted by Crippen LogP contribution is -2.46. The lowest BCUT2D eigenvalue weighted by molar-refractivity contribution is -0.144. The molecule has 1 amide bonds. The van der Waals surface area contributed by atoms with Crippen LogP contribution in [0.2, 0.25) is 0 Å². The summed E-state index contributed by atoms with van der Waals surface area (Å²) in [5.74, 6) is -2.78. The van der Waals surface area contributed by atoms with Gasteiger partial charge >= 0.3 is 11.5 Å². The van der Waals surface area contributed by atoms with E-state index in [1.54, 1.807) is 37.3 Å². The van der Waals surface area contributed by atoms with Crippen LogP contribution in [0.25, 0.3) is 0 Å². The maximum atomic E-state index is 12.0. The van der Waals surface area contributed by atoms with Gasteiger partial charge in [-0.2, -0.15) is 13.2 Å². The summed E-state index contributed by atoms with van der Waals surface area (Å²) in [5.41, 5.74) is -5.36. The van der Waals surface area contributed by atoms with Crippen LogP contribution in [0.5, 0.6) is 0 Å². The highest BCUT2D eigenvalue weighted by Crippen LogP contribution is 2.30. The molecule has 0 heterocycles. The number of halogens is 3. The highest BCUT2D eigenvalue weighted by atomic mass is 32.2. The van der Waals surface area contributed by atoms with Crippen molar-refractivity contribution in [3.8, 4) is 0 Å². The Balaban J connectivity index is 2.80. The van der Waals surface area contributed by atoms with Gasteiger partial charge in [-0.15, -0.1) is 0 Å². The van der Waals surface area contributed by atoms with Gasteiger partial charge in [0.25, 0.3) is 0 Å². The topological polar surface area (TPSA) is 66.4 Å². The first-order valence-electron chi connectivity index (χ1n) is 6.47. The van der Waals surface area contributed by atoms with Crippen molar-refractivity contribution in [2.24, 2.45) is 0 Å². The second kappa shape index (κ2) is 7.53. The molecule has 1 rings (SSSR count). The average molecular weight is 335 g/mol. The fourth-order valence-corrected chi connectivity index (χ4v) is 2.38. The minimum absolute atomic E-state index is 0.193. The summed E-state index contributed by atoms with van der Waals surface area (Å²) in [6, 6.07) is 8.31. The van der Waals surface area contributed by atoms with Gasteiger partial charge in [-0.3, -0.25) is 9.59 Å². The standard InChI is InChI=1S/C14H16F3NO3S/c1-2-13(12(20)21,10-6-4-3-5-7-10)9-18-11(19)8-22-14(15,16)17/h3-7H,2,8-9H2,1H3,(H,18,19)(H,20,21). The molecule has 0 fully saturated rings. The quantitative estimate of drug-likeness (QED) is 0.804. The molecule has 0 spiro atoms. The molecule has 4 nitrogen and oxygen atoms in total. The number of hydrogen-bond donors (Lipinski definition) is 2. The minimum atomic E-state index is -4.49. The molecular weight excluding hydrogens is 319 g/mol. The Morgan fingerprint density at radius 3 is 2.27 bits per heavy atom. The van der Waals surface area contributed by atoms with Gasteiger partial charge in [0.15, 0.2) is 0 Å². The van der Waals surface area contributed by atoms with Gasteiger partial charge in [-0.25, -0.2) is 0 Å². The number of carbonyl (C=O) groups excluding carboxylic acids is 1. The van der Waals surface area contributed by atoms with Gasteiger partial charge in [0.1, 0.15) is 5.41 Å². The van der Waals surface area contributed by atoms with Gasteiger partial charge < -0.3 is 10.4 Å². The fraction of sp³-hybridized carbons (Fsp3) is 0.429. The molecule has 0 radical (unpaired) electrons. The first kappa shape index (κ1) is 18.3. The van der Waals surface area contributed by atoms with Crippen molar-refractivity contribution in [2.75, 3.05) is 12.3 Å². The zero-order chi connectivity index (χ0) is 16.8. The number of carboxylic acids is 1. The highest BCUT2D eigenvalue weighted by Gasteiger charge is 2.39. The van der Waals surface area contributed by atoms with Crippen molar-refractivity contribution >= 4 is 23.6 Å². The van der Waals surface area contributed by atoms with Crippen LogP contribution in [0, 0.1) is 0 Å². The van der Waals surface area contributed by atoms with Crippen LogP contribution < -0.4 is 5.32 Å². The number of carbonyl (C=O) groups is 2. The second-order valence-electron chi connectivity index (χ2n) is 4.62. The Kier molecular flexibility index (Phi) is 6.28. The normalized spacial score (nSPS) is 14.2. The molecule has 1 atom stereocenters. The molecule has 122 valence electrons. The van der Waals surface area contributed by atoms with Crippen LogP contribution in [0.3, 0.4) is 0 Å². The largest absolute Gasteiger partial charge is 0.481 e. The molecule has 0 saturated carbocycles. The van der Waals surface area contributed by atoms with E-state index in [0.29, 0.717) is 5.56 Å². The maximum Gasteiger partial charge on any atom is 0.442 e. The summed E-state index contributed by atoms with van der Waals surface area (Å²) in [6.45, 7) is 1.39. The zero-order valence-corrected chi connectivity index (χ0v) is 12.6. The Bertz CT molecular complexity index is 522. The van der Waals surface area contributed by atoms with Crippen molar-refractivity contribution in [1.82, 2.24) is 5.32 Å². The summed E-state index contributed by atoms with van der Waals surface area (Å²) < 4.78 is 36.1. The Morgan fingerprint density at radius 2 is 1.82 bits per heavy atom. The van der Waals surface area contributed by atoms with E-state index in [1.165, 1.54) is 0 Å². The molecule has 0 saturated heterocycles. The maximum absolute atomic E-state index is 12.0. The van der Waals surface area contributed by atoms with E-state index >= 15 is 0 Å². The molecular formula is C14H16F3NO3S. The molecule has 1 aromatic rings. The highest BCUT2D eigenvalue weighted by molar-refractivity contribution is 8.00. The zero-order valence-electron chi connectivity index (χ0n) is 11.8. The number of benzene rings is 1. The summed E-state index contributed by atoms with van der Waals surface area (Å²) in [4.78, 5) is 23.1. The molecule has 1 unspecified atom stereocenters. The Morgan fingerprint density at radius 1 is 1.23 bits per heavy atom.